The zero-order valence-electron chi connectivity index (χ0n) is 32.4. The monoisotopic (exact) mass is 797 g/mol. The fourth-order valence-electron chi connectivity index (χ4n) is 8.04. The second-order valence-electron chi connectivity index (χ2n) is 16.6. The van der Waals surface area contributed by atoms with Gasteiger partial charge in [-0.2, -0.15) is 0 Å². The van der Waals surface area contributed by atoms with Crippen molar-refractivity contribution < 1.29 is 46.3 Å². The van der Waals surface area contributed by atoms with Crippen molar-refractivity contribution in [3.05, 3.63) is 70.5 Å². The van der Waals surface area contributed by atoms with Crippen LogP contribution in [0, 0.1) is 18.7 Å². The molecule has 0 spiro atoms. The van der Waals surface area contributed by atoms with Crippen molar-refractivity contribution in [2.45, 2.75) is 134 Å². The first kappa shape index (κ1) is 40.9. The van der Waals surface area contributed by atoms with E-state index in [-0.39, 0.29) is 44.8 Å². The molecule has 16 heteroatoms. The highest BCUT2D eigenvalue weighted by Gasteiger charge is 2.62. The van der Waals surface area contributed by atoms with E-state index in [1.54, 1.807) is 51.1 Å². The summed E-state index contributed by atoms with van der Waals surface area (Å²) >= 11 is 0. The first-order chi connectivity index (χ1) is 26.4. The van der Waals surface area contributed by atoms with Gasteiger partial charge >= 0.3 is 12.2 Å². The molecule has 304 valence electrons. The number of hydrogen-bond acceptors (Lipinski definition) is 9. The highest BCUT2D eigenvalue weighted by molar-refractivity contribution is 7.89. The number of amides is 5. The maximum atomic E-state index is 14.5. The molecule has 0 radical (unpaired) electrons. The molecule has 3 aliphatic heterocycles. The lowest BCUT2D eigenvalue weighted by atomic mass is 10.0. The van der Waals surface area contributed by atoms with Crippen LogP contribution in [0.2, 0.25) is 0 Å². The van der Waals surface area contributed by atoms with Crippen LogP contribution in [-0.4, -0.2) is 84.0 Å². The van der Waals surface area contributed by atoms with Crippen molar-refractivity contribution >= 4 is 39.9 Å². The quantitative estimate of drug-likeness (QED) is 0.373. The third kappa shape index (κ3) is 9.79. The van der Waals surface area contributed by atoms with E-state index in [0.717, 1.165) is 31.2 Å². The highest BCUT2D eigenvalue weighted by atomic mass is 32.2. The van der Waals surface area contributed by atoms with Crippen molar-refractivity contribution in [1.29, 1.82) is 0 Å². The average Bonchev–Trinajstić information content (AvgIpc) is 3.40. The van der Waals surface area contributed by atoms with E-state index in [2.05, 4.69) is 15.4 Å². The van der Waals surface area contributed by atoms with Crippen LogP contribution in [0.3, 0.4) is 0 Å². The number of nitrogens with one attached hydrogen (secondary N) is 3. The number of aryl methyl sites for hydroxylation is 1. The van der Waals surface area contributed by atoms with Gasteiger partial charge in [0.25, 0.3) is 5.91 Å². The predicted octanol–water partition coefficient (Wildman–Crippen LogP) is 4.71. The third-order valence-electron chi connectivity index (χ3n) is 10.9. The molecule has 6 rings (SSSR count). The van der Waals surface area contributed by atoms with Gasteiger partial charge in [0.15, 0.2) is 0 Å². The molecule has 3 fully saturated rings. The maximum Gasteiger partial charge on any atom is 0.410 e. The molecule has 2 saturated heterocycles. The molecule has 5 atom stereocenters. The van der Waals surface area contributed by atoms with E-state index in [1.807, 2.05) is 13.0 Å². The smallest absolute Gasteiger partial charge is 0.410 e. The molecule has 1 aliphatic carbocycles. The van der Waals surface area contributed by atoms with Crippen LogP contribution in [-0.2, 0) is 52.7 Å². The van der Waals surface area contributed by atoms with Gasteiger partial charge in [-0.3, -0.25) is 24.0 Å². The van der Waals surface area contributed by atoms with Crippen molar-refractivity contribution in [3.8, 4) is 0 Å². The number of hydrogen-bond donors (Lipinski definition) is 3. The average molecular weight is 798 g/mol. The number of halogens is 1. The number of fused-ring (bicyclic) bond motifs is 3. The first-order valence-corrected chi connectivity index (χ1v) is 21.0. The number of alkyl carbamates (subject to hydrolysis) is 1. The van der Waals surface area contributed by atoms with E-state index in [4.69, 9.17) is 9.47 Å². The molecule has 5 amide bonds. The van der Waals surface area contributed by atoms with E-state index < -0.39 is 80.8 Å². The van der Waals surface area contributed by atoms with Crippen molar-refractivity contribution in [2.75, 3.05) is 6.54 Å². The minimum atomic E-state index is -4.16. The first-order valence-electron chi connectivity index (χ1n) is 19.4. The van der Waals surface area contributed by atoms with Gasteiger partial charge in [-0.25, -0.2) is 22.4 Å². The van der Waals surface area contributed by atoms with Gasteiger partial charge in [0.2, 0.25) is 21.8 Å². The van der Waals surface area contributed by atoms with Gasteiger partial charge in [-0.15, -0.1) is 0 Å². The molecule has 0 bridgehead atoms. The number of sulfonamides is 1. The molecular weight excluding hydrogens is 746 g/mol. The van der Waals surface area contributed by atoms with E-state index >= 15 is 0 Å². The van der Waals surface area contributed by atoms with E-state index in [9.17, 15) is 36.8 Å². The largest absolute Gasteiger partial charge is 0.444 e. The zero-order chi connectivity index (χ0) is 40.4. The zero-order valence-corrected chi connectivity index (χ0v) is 33.2. The Bertz CT molecular complexity index is 1970. The van der Waals surface area contributed by atoms with Crippen LogP contribution in [0.4, 0.5) is 14.0 Å². The second-order valence-corrected chi connectivity index (χ2v) is 18.3. The fourth-order valence-corrected chi connectivity index (χ4v) is 9.19. The summed E-state index contributed by atoms with van der Waals surface area (Å²) in [6.07, 6.45) is 2.12. The van der Waals surface area contributed by atoms with E-state index in [1.165, 1.54) is 15.9 Å². The number of carbonyl (C=O) groups is 5. The van der Waals surface area contributed by atoms with Crippen LogP contribution in [0.15, 0.2) is 42.5 Å². The Hall–Kier alpha value is -4.73. The third-order valence-corrected chi connectivity index (χ3v) is 12.1. The molecule has 3 N–H and O–H groups in total. The Morgan fingerprint density at radius 1 is 1.00 bits per heavy atom. The van der Waals surface area contributed by atoms with Crippen LogP contribution >= 0.6 is 0 Å². The molecule has 56 heavy (non-hydrogen) atoms. The molecule has 1 saturated carbocycles. The number of nitrogens with zero attached hydrogens (tertiary/aromatic N) is 2. The lowest BCUT2D eigenvalue weighted by Gasteiger charge is -2.30. The SMILES string of the molecule is Cc1cccc(CS(=O)(=O)NC(=O)[C@@]23C[C@@H]2CCCCCCC[C@H](NC(=O)OC(C)(C)C)C(=O)N2C[C@H](OC(=O)N4Cc5cccc(F)c5C4)C[C@H]2C(=O)N3)c1. The molecular formula is C40H52FN5O9S. The van der Waals surface area contributed by atoms with Crippen molar-refractivity contribution in [1.82, 2.24) is 25.2 Å². The number of benzene rings is 2. The molecule has 0 aromatic heterocycles. The summed E-state index contributed by atoms with van der Waals surface area (Å²) < 4.78 is 54.5. The molecule has 4 aliphatic rings. The summed E-state index contributed by atoms with van der Waals surface area (Å²) in [4.78, 5) is 71.7. The molecule has 2 aromatic rings. The summed E-state index contributed by atoms with van der Waals surface area (Å²) in [5, 5.41) is 5.53. The summed E-state index contributed by atoms with van der Waals surface area (Å²) in [6, 6.07) is 9.23. The Kier molecular flexibility index (Phi) is 12.0. The van der Waals surface area contributed by atoms with Gasteiger partial charge in [0.1, 0.15) is 35.1 Å². The maximum absolute atomic E-state index is 14.5. The van der Waals surface area contributed by atoms with Crippen LogP contribution in [0.1, 0.15) is 101 Å². The summed E-state index contributed by atoms with van der Waals surface area (Å²) in [5.74, 6) is -3.37. The van der Waals surface area contributed by atoms with Gasteiger partial charge in [0.05, 0.1) is 18.8 Å². The Balaban J connectivity index is 1.24. The van der Waals surface area contributed by atoms with Gasteiger partial charge < -0.3 is 25.0 Å². The van der Waals surface area contributed by atoms with Gasteiger partial charge in [-0.05, 0) is 70.1 Å². The number of ether oxygens (including phenoxy) is 2. The Morgan fingerprint density at radius 2 is 1.71 bits per heavy atom. The fraction of sp³-hybridized carbons (Fsp3) is 0.575. The molecule has 14 nitrogen and oxygen atoms in total. The Morgan fingerprint density at radius 3 is 2.43 bits per heavy atom. The molecule has 3 heterocycles. The highest BCUT2D eigenvalue weighted by Crippen LogP contribution is 2.48. The van der Waals surface area contributed by atoms with Crippen LogP contribution in [0.5, 0.6) is 0 Å². The lowest BCUT2D eigenvalue weighted by Crippen LogP contribution is -2.58. The lowest BCUT2D eigenvalue weighted by molar-refractivity contribution is -0.141. The normalized spacial score (nSPS) is 25.7. The van der Waals surface area contributed by atoms with Crippen LogP contribution < -0.4 is 15.4 Å². The van der Waals surface area contributed by atoms with Gasteiger partial charge in [-0.1, -0.05) is 74.1 Å². The van der Waals surface area contributed by atoms with Crippen molar-refractivity contribution in [2.24, 2.45) is 5.92 Å². The topological polar surface area (TPSA) is 181 Å². The predicted molar refractivity (Wildman–Crippen MR) is 202 cm³/mol. The summed E-state index contributed by atoms with van der Waals surface area (Å²) in [7, 11) is -4.16. The second kappa shape index (κ2) is 16.4. The Labute approximate surface area is 327 Å². The standard InChI is InChI=1S/C40H52FN5O9S/c1-25-12-10-13-26(18-25)24-56(52,53)44-36(49)40-20-28(40)15-8-6-5-7-9-17-32(42-37(50)55-39(2,3)4)35(48)46-22-29(19-33(46)34(47)43-40)54-38(51)45-21-27-14-11-16-31(41)30(27)23-45/h10-14,16,18,28-29,32-33H,5-9,15,17,19-24H2,1-4H3,(H,42,50)(H,43,47)(H,44,49)/t28-,29+,32-,33-,40+/m0/s1. The van der Waals surface area contributed by atoms with Crippen LogP contribution in [0.25, 0.3) is 0 Å². The molecule has 0 unspecified atom stereocenters. The van der Waals surface area contributed by atoms with E-state index in [0.29, 0.717) is 29.5 Å². The minimum absolute atomic E-state index is 0.00614. The summed E-state index contributed by atoms with van der Waals surface area (Å²) in [5.41, 5.74) is 0.0117. The number of rotatable bonds is 6. The summed E-state index contributed by atoms with van der Waals surface area (Å²) in [6.45, 7) is 6.85. The minimum Gasteiger partial charge on any atom is -0.444 e. The van der Waals surface area contributed by atoms with Gasteiger partial charge in [0, 0.05) is 18.5 Å². The molecule has 2 aromatic carbocycles. The number of carbonyl (C=O) groups excluding carboxylic acids is 5. The van der Waals surface area contributed by atoms with Crippen molar-refractivity contribution in [3.63, 3.8) is 0 Å².